The number of hydrogen-bond donors (Lipinski definition) is 1. The third-order valence-corrected chi connectivity index (χ3v) is 4.71. The van der Waals surface area contributed by atoms with E-state index in [4.69, 9.17) is 14.0 Å². The molecule has 31 heavy (non-hydrogen) atoms. The molecule has 0 fully saturated rings. The lowest BCUT2D eigenvalue weighted by Crippen LogP contribution is -2.39. The smallest absolute Gasteiger partial charge is 0.322 e. The van der Waals surface area contributed by atoms with Gasteiger partial charge < -0.3 is 29.1 Å². The van der Waals surface area contributed by atoms with E-state index in [1.807, 2.05) is 73.6 Å². The number of likely N-dealkylation sites (N-methyl/N-ethyl adjacent to an activating group) is 1. The van der Waals surface area contributed by atoms with Gasteiger partial charge >= 0.3 is 6.03 Å². The quantitative estimate of drug-likeness (QED) is 0.560. The predicted molar refractivity (Wildman–Crippen MR) is 119 cm³/mol. The number of ether oxygens (including phenoxy) is 2. The monoisotopic (exact) mass is 424 g/mol. The minimum atomic E-state index is -0.198. The molecule has 0 saturated carbocycles. The SMILES string of the molecule is COc1ccc(OC)c(-c2cc(CN(CCN(C)C)C(=O)Nc3ccccc3)no2)c1. The van der Waals surface area contributed by atoms with Crippen LogP contribution in [0.4, 0.5) is 10.5 Å². The molecule has 3 rings (SSSR count). The van der Waals surface area contributed by atoms with Gasteiger partial charge in [0.15, 0.2) is 5.76 Å². The van der Waals surface area contributed by atoms with Crippen molar-refractivity contribution in [2.75, 3.05) is 46.7 Å². The first kappa shape index (κ1) is 22.2. The Balaban J connectivity index is 1.79. The van der Waals surface area contributed by atoms with E-state index in [9.17, 15) is 4.79 Å². The lowest BCUT2D eigenvalue weighted by atomic mass is 10.1. The number of para-hydroxylation sites is 1. The molecular weight excluding hydrogens is 396 g/mol. The summed E-state index contributed by atoms with van der Waals surface area (Å²) >= 11 is 0. The highest BCUT2D eigenvalue weighted by Gasteiger charge is 2.19. The van der Waals surface area contributed by atoms with Crippen LogP contribution in [0.2, 0.25) is 0 Å². The number of amides is 2. The van der Waals surface area contributed by atoms with Gasteiger partial charge in [0, 0.05) is 24.8 Å². The molecule has 0 bridgehead atoms. The van der Waals surface area contributed by atoms with Crippen molar-refractivity contribution in [2.45, 2.75) is 6.54 Å². The van der Waals surface area contributed by atoms with Gasteiger partial charge in [-0.2, -0.15) is 0 Å². The largest absolute Gasteiger partial charge is 0.497 e. The summed E-state index contributed by atoms with van der Waals surface area (Å²) in [5, 5.41) is 7.10. The summed E-state index contributed by atoms with van der Waals surface area (Å²) in [6.07, 6.45) is 0. The van der Waals surface area contributed by atoms with E-state index in [2.05, 4.69) is 10.5 Å². The second kappa shape index (κ2) is 10.5. The predicted octanol–water partition coefficient (Wildman–Crippen LogP) is 3.95. The lowest BCUT2D eigenvalue weighted by molar-refractivity contribution is 0.200. The van der Waals surface area contributed by atoms with Gasteiger partial charge in [-0.25, -0.2) is 4.79 Å². The molecule has 0 spiro atoms. The molecule has 0 radical (unpaired) electrons. The van der Waals surface area contributed by atoms with Gasteiger partial charge in [0.1, 0.15) is 17.2 Å². The van der Waals surface area contributed by atoms with Crippen molar-refractivity contribution in [2.24, 2.45) is 0 Å². The second-order valence-corrected chi connectivity index (χ2v) is 7.27. The first-order chi connectivity index (χ1) is 15.0. The van der Waals surface area contributed by atoms with Crippen molar-refractivity contribution < 1.29 is 18.8 Å². The Morgan fingerprint density at radius 3 is 2.48 bits per heavy atom. The molecule has 2 amide bonds. The van der Waals surface area contributed by atoms with Crippen LogP contribution in [0, 0.1) is 0 Å². The summed E-state index contributed by atoms with van der Waals surface area (Å²) in [7, 11) is 7.14. The minimum Gasteiger partial charge on any atom is -0.497 e. The Morgan fingerprint density at radius 2 is 1.81 bits per heavy atom. The lowest BCUT2D eigenvalue weighted by Gasteiger charge is -2.23. The Bertz CT molecular complexity index is 988. The fraction of sp³-hybridized carbons (Fsp3) is 0.304. The second-order valence-electron chi connectivity index (χ2n) is 7.27. The van der Waals surface area contributed by atoms with Gasteiger partial charge in [-0.1, -0.05) is 23.4 Å². The number of methoxy groups -OCH3 is 2. The van der Waals surface area contributed by atoms with Crippen molar-refractivity contribution in [1.82, 2.24) is 15.0 Å². The molecule has 8 nitrogen and oxygen atoms in total. The molecule has 8 heteroatoms. The molecule has 0 unspecified atom stereocenters. The molecule has 0 aliphatic carbocycles. The van der Waals surface area contributed by atoms with Crippen LogP contribution in [0.1, 0.15) is 5.69 Å². The number of benzene rings is 2. The summed E-state index contributed by atoms with van der Waals surface area (Å²) in [6.45, 7) is 1.56. The number of nitrogens with zero attached hydrogens (tertiary/aromatic N) is 3. The van der Waals surface area contributed by atoms with Gasteiger partial charge in [0.2, 0.25) is 0 Å². The van der Waals surface area contributed by atoms with Crippen LogP contribution in [0.15, 0.2) is 59.1 Å². The molecule has 3 aromatic rings. The van der Waals surface area contributed by atoms with Crippen LogP contribution < -0.4 is 14.8 Å². The summed E-state index contributed by atoms with van der Waals surface area (Å²) < 4.78 is 16.3. The fourth-order valence-corrected chi connectivity index (χ4v) is 3.01. The summed E-state index contributed by atoms with van der Waals surface area (Å²) in [5.41, 5.74) is 2.11. The number of hydrogen-bond acceptors (Lipinski definition) is 6. The highest BCUT2D eigenvalue weighted by molar-refractivity contribution is 5.89. The summed E-state index contributed by atoms with van der Waals surface area (Å²) in [5.74, 6) is 1.88. The van der Waals surface area contributed by atoms with E-state index in [1.165, 1.54) is 0 Å². The van der Waals surface area contributed by atoms with E-state index in [0.29, 0.717) is 36.0 Å². The zero-order valence-electron chi connectivity index (χ0n) is 18.3. The van der Waals surface area contributed by atoms with Crippen LogP contribution >= 0.6 is 0 Å². The maximum atomic E-state index is 12.9. The van der Waals surface area contributed by atoms with E-state index in [-0.39, 0.29) is 6.03 Å². The van der Waals surface area contributed by atoms with Crippen LogP contribution in [0.3, 0.4) is 0 Å². The molecule has 0 atom stereocenters. The van der Waals surface area contributed by atoms with Crippen molar-refractivity contribution >= 4 is 11.7 Å². The maximum Gasteiger partial charge on any atom is 0.322 e. The molecule has 0 saturated heterocycles. The minimum absolute atomic E-state index is 0.198. The normalized spacial score (nSPS) is 10.7. The highest BCUT2D eigenvalue weighted by Crippen LogP contribution is 2.33. The first-order valence-electron chi connectivity index (χ1n) is 9.94. The van der Waals surface area contributed by atoms with Gasteiger partial charge in [0.05, 0.1) is 26.3 Å². The molecule has 1 N–H and O–H groups in total. The van der Waals surface area contributed by atoms with Gasteiger partial charge in [-0.15, -0.1) is 0 Å². The number of nitrogens with one attached hydrogen (secondary N) is 1. The zero-order valence-corrected chi connectivity index (χ0v) is 18.3. The van der Waals surface area contributed by atoms with E-state index >= 15 is 0 Å². The summed E-state index contributed by atoms with van der Waals surface area (Å²) in [6, 6.07) is 16.4. The zero-order chi connectivity index (χ0) is 22.2. The molecular formula is C23H28N4O4. The van der Waals surface area contributed by atoms with Crippen molar-refractivity contribution in [1.29, 1.82) is 0 Å². The standard InChI is InChI=1S/C23H28N4O4/c1-26(2)12-13-27(23(28)24-17-8-6-5-7-9-17)16-18-14-22(31-25-18)20-15-19(29-3)10-11-21(20)30-4/h5-11,14-15H,12-13,16H2,1-4H3,(H,24,28). The highest BCUT2D eigenvalue weighted by atomic mass is 16.5. The Labute approximate surface area is 182 Å². The van der Waals surface area contributed by atoms with Crippen molar-refractivity contribution in [3.05, 3.63) is 60.3 Å². The Morgan fingerprint density at radius 1 is 1.03 bits per heavy atom. The van der Waals surface area contributed by atoms with Crippen LogP contribution in [-0.4, -0.2) is 62.4 Å². The van der Waals surface area contributed by atoms with Crippen LogP contribution in [0.5, 0.6) is 11.5 Å². The number of anilines is 1. The van der Waals surface area contributed by atoms with Crippen molar-refractivity contribution in [3.8, 4) is 22.8 Å². The average molecular weight is 425 g/mol. The molecule has 0 aliphatic rings. The number of aromatic nitrogens is 1. The van der Waals surface area contributed by atoms with Crippen LogP contribution in [0.25, 0.3) is 11.3 Å². The molecule has 1 heterocycles. The first-order valence-corrected chi connectivity index (χ1v) is 9.94. The maximum absolute atomic E-state index is 12.9. The van der Waals surface area contributed by atoms with Crippen LogP contribution in [-0.2, 0) is 6.54 Å². The third-order valence-electron chi connectivity index (χ3n) is 4.71. The van der Waals surface area contributed by atoms with Gasteiger partial charge in [-0.05, 0) is 44.4 Å². The number of carbonyl (C=O) groups excluding carboxylic acids is 1. The molecule has 0 aliphatic heterocycles. The topological polar surface area (TPSA) is 80.1 Å². The molecule has 2 aromatic carbocycles. The number of rotatable bonds is 9. The van der Waals surface area contributed by atoms with E-state index in [0.717, 1.165) is 17.8 Å². The fourth-order valence-electron chi connectivity index (χ4n) is 3.01. The van der Waals surface area contributed by atoms with Gasteiger partial charge in [-0.3, -0.25) is 0 Å². The third kappa shape index (κ3) is 5.99. The number of carbonyl (C=O) groups is 1. The van der Waals surface area contributed by atoms with E-state index < -0.39 is 0 Å². The average Bonchev–Trinajstić information content (AvgIpc) is 3.25. The summed E-state index contributed by atoms with van der Waals surface area (Å²) in [4.78, 5) is 16.6. The molecule has 1 aromatic heterocycles. The number of urea groups is 1. The Hall–Kier alpha value is -3.52. The van der Waals surface area contributed by atoms with E-state index in [1.54, 1.807) is 19.1 Å². The Kier molecular flexibility index (Phi) is 7.50. The van der Waals surface area contributed by atoms with Crippen molar-refractivity contribution in [3.63, 3.8) is 0 Å². The molecule has 164 valence electrons. The van der Waals surface area contributed by atoms with Gasteiger partial charge in [0.25, 0.3) is 0 Å².